The molecule has 5 nitrogen and oxygen atoms in total. The quantitative estimate of drug-likeness (QED) is 0.858. The molecule has 5 heteroatoms. The topological polar surface area (TPSA) is 70.1 Å². The van der Waals surface area contributed by atoms with Crippen LogP contribution in [0.5, 0.6) is 0 Å². The fraction of sp³-hybridized carbons (Fsp3) is 0.333. The van der Waals surface area contributed by atoms with Gasteiger partial charge >= 0.3 is 5.97 Å². The van der Waals surface area contributed by atoms with Gasteiger partial charge in [-0.3, -0.25) is 0 Å². The Labute approximate surface area is 118 Å². The van der Waals surface area contributed by atoms with Crippen molar-refractivity contribution in [3.05, 3.63) is 53.6 Å². The van der Waals surface area contributed by atoms with Crippen molar-refractivity contribution in [2.45, 2.75) is 25.9 Å². The Kier molecular flexibility index (Phi) is 3.90. The summed E-state index contributed by atoms with van der Waals surface area (Å²) in [5, 5.41) is 0. The highest BCUT2D eigenvalue weighted by Gasteiger charge is 2.38. The van der Waals surface area contributed by atoms with Crippen LogP contribution in [0.2, 0.25) is 0 Å². The maximum Gasteiger partial charge on any atom is 0.332 e. The van der Waals surface area contributed by atoms with Gasteiger partial charge in [0.25, 0.3) is 0 Å². The van der Waals surface area contributed by atoms with Crippen LogP contribution in [0, 0.1) is 13.8 Å². The van der Waals surface area contributed by atoms with E-state index in [-0.39, 0.29) is 6.54 Å². The lowest BCUT2D eigenvalue weighted by Gasteiger charge is -2.28. The summed E-state index contributed by atoms with van der Waals surface area (Å²) in [6.07, 6.45) is 1.69. The van der Waals surface area contributed by atoms with Crippen LogP contribution in [0.25, 0.3) is 0 Å². The largest absolute Gasteiger partial charge is 0.467 e. The molecular formula is C15H19N3O2. The number of carbonyl (C=O) groups is 1. The fourth-order valence-electron chi connectivity index (χ4n) is 2.16. The summed E-state index contributed by atoms with van der Waals surface area (Å²) in [5.74, 6) is -0.463. The number of benzene rings is 1. The van der Waals surface area contributed by atoms with E-state index >= 15 is 0 Å². The van der Waals surface area contributed by atoms with Gasteiger partial charge in [-0.25, -0.2) is 9.78 Å². The van der Waals surface area contributed by atoms with Gasteiger partial charge in [0.2, 0.25) is 0 Å². The van der Waals surface area contributed by atoms with E-state index in [9.17, 15) is 4.79 Å². The van der Waals surface area contributed by atoms with Crippen LogP contribution in [0.1, 0.15) is 17.0 Å². The Morgan fingerprint density at radius 3 is 2.50 bits per heavy atom. The molecule has 1 atom stereocenters. The summed E-state index contributed by atoms with van der Waals surface area (Å²) < 4.78 is 6.77. The number of hydrogen-bond donors (Lipinski definition) is 1. The van der Waals surface area contributed by atoms with Crippen LogP contribution in [0.3, 0.4) is 0 Å². The number of esters is 1. The second-order valence-corrected chi connectivity index (χ2v) is 4.87. The van der Waals surface area contributed by atoms with Gasteiger partial charge in [0, 0.05) is 5.69 Å². The van der Waals surface area contributed by atoms with Crippen molar-refractivity contribution < 1.29 is 9.53 Å². The molecule has 0 aliphatic rings. The van der Waals surface area contributed by atoms with E-state index < -0.39 is 11.5 Å². The maximum absolute atomic E-state index is 12.2. The summed E-state index contributed by atoms with van der Waals surface area (Å²) in [4.78, 5) is 16.4. The minimum atomic E-state index is -1.23. The number of aryl methyl sites for hydroxylation is 1. The molecule has 0 spiro atoms. The number of hydrogen-bond acceptors (Lipinski definition) is 4. The number of aromatic nitrogens is 2. The maximum atomic E-state index is 12.2. The first-order chi connectivity index (χ1) is 9.49. The summed E-state index contributed by atoms with van der Waals surface area (Å²) in [5.41, 5.74) is 7.76. The normalized spacial score (nSPS) is 13.8. The van der Waals surface area contributed by atoms with Crippen LogP contribution >= 0.6 is 0 Å². The molecule has 2 aromatic rings. The first-order valence-electron chi connectivity index (χ1n) is 6.40. The molecule has 2 rings (SSSR count). The number of rotatable bonds is 4. The molecule has 1 aromatic carbocycles. The standard InChI is InChI=1S/C15H19N3O2/c1-11-12(2)18(10-17-11)9-15(16,14(19)20-3)13-7-5-4-6-8-13/h4-8,10H,9,16H2,1-3H3. The molecular weight excluding hydrogens is 254 g/mol. The zero-order chi connectivity index (χ0) is 14.8. The van der Waals surface area contributed by atoms with E-state index in [4.69, 9.17) is 10.5 Å². The highest BCUT2D eigenvalue weighted by molar-refractivity contribution is 5.82. The smallest absolute Gasteiger partial charge is 0.332 e. The van der Waals surface area contributed by atoms with Crippen LogP contribution in [-0.2, 0) is 21.6 Å². The van der Waals surface area contributed by atoms with E-state index in [1.807, 2.05) is 48.7 Å². The second-order valence-electron chi connectivity index (χ2n) is 4.87. The second kappa shape index (κ2) is 5.46. The molecule has 20 heavy (non-hydrogen) atoms. The van der Waals surface area contributed by atoms with Gasteiger partial charge in [-0.05, 0) is 19.4 Å². The zero-order valence-corrected chi connectivity index (χ0v) is 12.0. The van der Waals surface area contributed by atoms with Crippen molar-refractivity contribution >= 4 is 5.97 Å². The number of carbonyl (C=O) groups excluding carboxylic acids is 1. The third kappa shape index (κ3) is 2.44. The van der Waals surface area contributed by atoms with Gasteiger partial charge < -0.3 is 15.0 Å². The third-order valence-electron chi connectivity index (χ3n) is 3.60. The summed E-state index contributed by atoms with van der Waals surface area (Å²) in [6.45, 7) is 4.16. The molecule has 0 amide bonds. The zero-order valence-electron chi connectivity index (χ0n) is 12.0. The average Bonchev–Trinajstić information content (AvgIpc) is 2.79. The Bertz CT molecular complexity index is 607. The third-order valence-corrected chi connectivity index (χ3v) is 3.60. The first-order valence-corrected chi connectivity index (χ1v) is 6.40. The molecule has 0 saturated carbocycles. The summed E-state index contributed by atoms with van der Waals surface area (Å²) in [6, 6.07) is 9.25. The molecule has 0 aliphatic carbocycles. The van der Waals surface area contributed by atoms with E-state index in [0.717, 1.165) is 17.0 Å². The predicted octanol–water partition coefficient (Wildman–Crippen LogP) is 1.53. The van der Waals surface area contributed by atoms with E-state index in [2.05, 4.69) is 4.98 Å². The van der Waals surface area contributed by atoms with Crippen molar-refractivity contribution in [3.8, 4) is 0 Å². The Morgan fingerprint density at radius 1 is 1.35 bits per heavy atom. The fourth-order valence-corrected chi connectivity index (χ4v) is 2.16. The molecule has 0 bridgehead atoms. The lowest BCUT2D eigenvalue weighted by molar-refractivity contribution is -0.148. The van der Waals surface area contributed by atoms with Gasteiger partial charge in [-0.1, -0.05) is 30.3 Å². The van der Waals surface area contributed by atoms with Gasteiger partial charge in [-0.2, -0.15) is 0 Å². The molecule has 106 valence electrons. The molecule has 2 N–H and O–H groups in total. The predicted molar refractivity (Wildman–Crippen MR) is 76.0 cm³/mol. The van der Waals surface area contributed by atoms with Crippen molar-refractivity contribution in [3.63, 3.8) is 0 Å². The van der Waals surface area contributed by atoms with Crippen LogP contribution < -0.4 is 5.73 Å². The summed E-state index contributed by atoms with van der Waals surface area (Å²) >= 11 is 0. The lowest BCUT2D eigenvalue weighted by Crippen LogP contribution is -2.49. The van der Waals surface area contributed by atoms with Crippen LogP contribution in [0.15, 0.2) is 36.7 Å². The van der Waals surface area contributed by atoms with Crippen LogP contribution in [0.4, 0.5) is 0 Å². The van der Waals surface area contributed by atoms with Crippen molar-refractivity contribution in [1.29, 1.82) is 0 Å². The highest BCUT2D eigenvalue weighted by Crippen LogP contribution is 2.23. The Hall–Kier alpha value is -2.14. The number of nitrogens with two attached hydrogens (primary N) is 1. The molecule has 0 aliphatic heterocycles. The van der Waals surface area contributed by atoms with E-state index in [1.54, 1.807) is 6.33 Å². The SMILES string of the molecule is COC(=O)C(N)(Cn1cnc(C)c1C)c1ccccc1. The molecule has 0 radical (unpaired) electrons. The minimum absolute atomic E-state index is 0.288. The van der Waals surface area contributed by atoms with E-state index in [0.29, 0.717) is 0 Å². The molecule has 0 saturated heterocycles. The Balaban J connectivity index is 2.43. The van der Waals surface area contributed by atoms with E-state index in [1.165, 1.54) is 7.11 Å². The van der Waals surface area contributed by atoms with Gasteiger partial charge in [-0.15, -0.1) is 0 Å². The lowest BCUT2D eigenvalue weighted by atomic mass is 9.90. The van der Waals surface area contributed by atoms with Gasteiger partial charge in [0.15, 0.2) is 5.54 Å². The van der Waals surface area contributed by atoms with Crippen molar-refractivity contribution in [1.82, 2.24) is 9.55 Å². The number of nitrogens with zero attached hydrogens (tertiary/aromatic N) is 2. The van der Waals surface area contributed by atoms with Gasteiger partial charge in [0.1, 0.15) is 0 Å². The van der Waals surface area contributed by atoms with Crippen molar-refractivity contribution in [2.24, 2.45) is 5.73 Å². The minimum Gasteiger partial charge on any atom is -0.467 e. The monoisotopic (exact) mass is 273 g/mol. The van der Waals surface area contributed by atoms with Gasteiger partial charge in [0.05, 0.1) is 25.7 Å². The number of imidazole rings is 1. The Morgan fingerprint density at radius 2 is 2.00 bits per heavy atom. The molecule has 1 aromatic heterocycles. The average molecular weight is 273 g/mol. The molecule has 1 heterocycles. The highest BCUT2D eigenvalue weighted by atomic mass is 16.5. The molecule has 0 fully saturated rings. The number of methoxy groups -OCH3 is 1. The number of ether oxygens (including phenoxy) is 1. The van der Waals surface area contributed by atoms with Crippen molar-refractivity contribution in [2.75, 3.05) is 7.11 Å². The van der Waals surface area contributed by atoms with Crippen LogP contribution in [-0.4, -0.2) is 22.6 Å². The first kappa shape index (κ1) is 14.3. The summed E-state index contributed by atoms with van der Waals surface area (Å²) in [7, 11) is 1.35. The molecule has 1 unspecified atom stereocenters.